The Hall–Kier alpha value is -2.70. The predicted octanol–water partition coefficient (Wildman–Crippen LogP) is 4.03. The number of hydrogen-bond donors (Lipinski definition) is 1. The van der Waals surface area contributed by atoms with Crippen molar-refractivity contribution < 1.29 is 39.6 Å². The number of nitrogens with one attached hydrogen (secondary N) is 1. The first-order valence-corrected chi connectivity index (χ1v) is 10.9. The minimum atomic E-state index is -4.74. The van der Waals surface area contributed by atoms with E-state index in [9.17, 15) is 39.6 Å². The van der Waals surface area contributed by atoms with E-state index < -0.39 is 55.7 Å². The molecule has 0 atom stereocenters. The standard InChI is InChI=1S/C19H17F6N3O3S/c20-18(21,22)12-2-1-3-15(8-12)32(30,31)14-6-4-13(5-7-14)28-16(29)11-9-26-17(27-10-11)19(23,24)25/h1-3,8-10,13-14H,4-7H2,(H,28,29)/t13-,14+. The topological polar surface area (TPSA) is 89.0 Å². The Bertz CT molecular complexity index is 1080. The zero-order chi connectivity index (χ0) is 23.7. The molecule has 0 bridgehead atoms. The van der Waals surface area contributed by atoms with Crippen molar-refractivity contribution in [3.63, 3.8) is 0 Å². The number of carbonyl (C=O) groups excluding carboxylic acids is 1. The van der Waals surface area contributed by atoms with Crippen LogP contribution in [0.3, 0.4) is 0 Å². The zero-order valence-electron chi connectivity index (χ0n) is 16.2. The second-order valence-corrected chi connectivity index (χ2v) is 9.54. The Labute approximate surface area is 179 Å². The number of rotatable bonds is 4. The van der Waals surface area contributed by atoms with Crippen LogP contribution in [0.4, 0.5) is 26.3 Å². The van der Waals surface area contributed by atoms with E-state index in [-0.39, 0.29) is 31.2 Å². The minimum Gasteiger partial charge on any atom is -0.349 e. The molecule has 1 aromatic heterocycles. The van der Waals surface area contributed by atoms with Gasteiger partial charge in [-0.2, -0.15) is 26.3 Å². The first-order valence-electron chi connectivity index (χ1n) is 9.40. The number of amides is 1. The summed E-state index contributed by atoms with van der Waals surface area (Å²) in [6, 6.07) is 3.10. The van der Waals surface area contributed by atoms with E-state index in [1.807, 2.05) is 0 Å². The third-order valence-electron chi connectivity index (χ3n) is 5.11. The fraction of sp³-hybridized carbons (Fsp3) is 0.421. The van der Waals surface area contributed by atoms with Gasteiger partial charge < -0.3 is 5.32 Å². The quantitative estimate of drug-likeness (QED) is 0.667. The molecular formula is C19H17F6N3O3S. The number of hydrogen-bond acceptors (Lipinski definition) is 5. The van der Waals surface area contributed by atoms with Crippen molar-refractivity contribution >= 4 is 15.7 Å². The van der Waals surface area contributed by atoms with E-state index in [1.165, 1.54) is 0 Å². The fourth-order valence-corrected chi connectivity index (χ4v) is 5.26. The van der Waals surface area contributed by atoms with Gasteiger partial charge in [0.05, 0.1) is 21.3 Å². The molecule has 0 aliphatic heterocycles. The molecule has 3 rings (SSSR count). The van der Waals surface area contributed by atoms with Crippen LogP contribution in [0.1, 0.15) is 47.4 Å². The van der Waals surface area contributed by atoms with Crippen LogP contribution >= 0.6 is 0 Å². The van der Waals surface area contributed by atoms with Crippen LogP contribution in [0.2, 0.25) is 0 Å². The molecule has 1 N–H and O–H groups in total. The SMILES string of the molecule is O=C(N[C@H]1CC[C@@H](S(=O)(=O)c2cccc(C(F)(F)F)c2)CC1)c1cnc(C(F)(F)F)nc1. The highest BCUT2D eigenvalue weighted by Crippen LogP contribution is 2.34. The number of halogens is 6. The minimum absolute atomic E-state index is 0.104. The molecule has 2 aromatic rings. The number of carbonyl (C=O) groups is 1. The second kappa shape index (κ2) is 8.68. The summed E-state index contributed by atoms with van der Waals surface area (Å²) in [5.41, 5.74) is -1.24. The molecule has 1 heterocycles. The first-order chi connectivity index (χ1) is 14.8. The Morgan fingerprint density at radius 2 is 1.53 bits per heavy atom. The summed E-state index contributed by atoms with van der Waals surface area (Å²) in [7, 11) is -4.01. The Morgan fingerprint density at radius 1 is 0.938 bits per heavy atom. The van der Waals surface area contributed by atoms with Gasteiger partial charge in [0.2, 0.25) is 5.82 Å². The lowest BCUT2D eigenvalue weighted by Crippen LogP contribution is -2.40. The highest BCUT2D eigenvalue weighted by atomic mass is 32.2. The van der Waals surface area contributed by atoms with Crippen LogP contribution in [0.5, 0.6) is 0 Å². The molecule has 13 heteroatoms. The average molecular weight is 481 g/mol. The third kappa shape index (κ3) is 5.37. The van der Waals surface area contributed by atoms with E-state index in [2.05, 4.69) is 15.3 Å². The maximum Gasteiger partial charge on any atom is 0.451 e. The predicted molar refractivity (Wildman–Crippen MR) is 99.2 cm³/mol. The molecule has 32 heavy (non-hydrogen) atoms. The monoisotopic (exact) mass is 481 g/mol. The summed E-state index contributed by atoms with van der Waals surface area (Å²) < 4.78 is 102. The molecule has 0 spiro atoms. The van der Waals surface area contributed by atoms with Gasteiger partial charge in [0.1, 0.15) is 0 Å². The van der Waals surface area contributed by atoms with E-state index in [1.54, 1.807) is 0 Å². The molecule has 0 saturated heterocycles. The van der Waals surface area contributed by atoms with Gasteiger partial charge in [0.25, 0.3) is 5.91 Å². The third-order valence-corrected chi connectivity index (χ3v) is 7.37. The largest absolute Gasteiger partial charge is 0.451 e. The molecule has 1 aliphatic rings. The van der Waals surface area contributed by atoms with Gasteiger partial charge in [-0.1, -0.05) is 6.07 Å². The van der Waals surface area contributed by atoms with Gasteiger partial charge in [-0.3, -0.25) is 4.79 Å². The molecule has 174 valence electrons. The summed E-state index contributed by atoms with van der Waals surface area (Å²) in [4.78, 5) is 18.0. The Balaban J connectivity index is 1.62. The first kappa shape index (κ1) is 24.0. The number of sulfone groups is 1. The van der Waals surface area contributed by atoms with E-state index >= 15 is 0 Å². The summed E-state index contributed by atoms with van der Waals surface area (Å²) in [6.45, 7) is 0. The Morgan fingerprint density at radius 3 is 2.06 bits per heavy atom. The van der Waals surface area contributed by atoms with Crippen LogP contribution in [0, 0.1) is 0 Å². The molecule has 1 saturated carbocycles. The van der Waals surface area contributed by atoms with Crippen LogP contribution in [-0.2, 0) is 22.2 Å². The van der Waals surface area contributed by atoms with Crippen molar-refractivity contribution in [3.05, 3.63) is 53.6 Å². The summed E-state index contributed by atoms with van der Waals surface area (Å²) in [5.74, 6) is -2.09. The van der Waals surface area contributed by atoms with Crippen LogP contribution in [0.25, 0.3) is 0 Å². The molecule has 1 fully saturated rings. The van der Waals surface area contributed by atoms with Crippen LogP contribution in [-0.4, -0.2) is 35.6 Å². The van der Waals surface area contributed by atoms with Gasteiger partial charge in [-0.15, -0.1) is 0 Å². The highest BCUT2D eigenvalue weighted by molar-refractivity contribution is 7.92. The van der Waals surface area contributed by atoms with Crippen molar-refractivity contribution in [2.24, 2.45) is 0 Å². The van der Waals surface area contributed by atoms with Crippen molar-refractivity contribution in [1.29, 1.82) is 0 Å². The van der Waals surface area contributed by atoms with E-state index in [0.717, 1.165) is 30.6 Å². The molecule has 1 amide bonds. The Kier molecular flexibility index (Phi) is 6.50. The van der Waals surface area contributed by atoms with Gasteiger partial charge in [0, 0.05) is 18.4 Å². The lowest BCUT2D eigenvalue weighted by molar-refractivity contribution is -0.145. The van der Waals surface area contributed by atoms with Crippen LogP contribution in [0.15, 0.2) is 41.6 Å². The van der Waals surface area contributed by atoms with Crippen molar-refractivity contribution in [2.75, 3.05) is 0 Å². The van der Waals surface area contributed by atoms with Crippen LogP contribution < -0.4 is 5.32 Å². The fourth-order valence-electron chi connectivity index (χ4n) is 3.42. The summed E-state index contributed by atoms with van der Waals surface area (Å²) in [5, 5.41) is 1.68. The lowest BCUT2D eigenvalue weighted by Gasteiger charge is -2.29. The average Bonchev–Trinajstić information content (AvgIpc) is 2.73. The number of benzene rings is 1. The summed E-state index contributed by atoms with van der Waals surface area (Å²) >= 11 is 0. The van der Waals surface area contributed by atoms with E-state index in [0.29, 0.717) is 6.07 Å². The van der Waals surface area contributed by atoms with Gasteiger partial charge in [-0.05, 0) is 43.9 Å². The molecule has 1 aromatic carbocycles. The van der Waals surface area contributed by atoms with Crippen molar-refractivity contribution in [3.8, 4) is 0 Å². The molecule has 0 unspecified atom stereocenters. The lowest BCUT2D eigenvalue weighted by atomic mass is 9.95. The number of nitrogens with zero attached hydrogens (tertiary/aromatic N) is 2. The molecular weight excluding hydrogens is 464 g/mol. The number of alkyl halides is 6. The van der Waals surface area contributed by atoms with Gasteiger partial charge in [0.15, 0.2) is 9.84 Å². The summed E-state index contributed by atoms with van der Waals surface area (Å²) in [6.07, 6.45) is -7.25. The maximum absolute atomic E-state index is 12.9. The molecule has 1 aliphatic carbocycles. The van der Waals surface area contributed by atoms with Crippen molar-refractivity contribution in [1.82, 2.24) is 15.3 Å². The highest BCUT2D eigenvalue weighted by Gasteiger charge is 2.36. The van der Waals surface area contributed by atoms with E-state index in [4.69, 9.17) is 0 Å². The molecule has 0 radical (unpaired) electrons. The number of aromatic nitrogens is 2. The maximum atomic E-state index is 12.9. The second-order valence-electron chi connectivity index (χ2n) is 7.31. The van der Waals surface area contributed by atoms with Gasteiger partial charge >= 0.3 is 12.4 Å². The smallest absolute Gasteiger partial charge is 0.349 e. The zero-order valence-corrected chi connectivity index (χ0v) is 17.1. The van der Waals surface area contributed by atoms with Crippen molar-refractivity contribution in [2.45, 2.75) is 54.2 Å². The van der Waals surface area contributed by atoms with Gasteiger partial charge in [-0.25, -0.2) is 18.4 Å². The molecule has 6 nitrogen and oxygen atoms in total. The normalized spacial score (nSPS) is 20.1.